The lowest BCUT2D eigenvalue weighted by Gasteiger charge is -2.21. The molecule has 0 fully saturated rings. The zero-order chi connectivity index (χ0) is 27.9. The molecule has 0 rings (SSSR count). The molecule has 0 spiro atoms. The third-order valence-electron chi connectivity index (χ3n) is 5.79. The summed E-state index contributed by atoms with van der Waals surface area (Å²) in [6, 6.07) is 0. The fourth-order valence-electron chi connectivity index (χ4n) is 3.34. The molecular weight excluding hydrogens is 482 g/mol. The van der Waals surface area contributed by atoms with Crippen LogP contribution in [0.15, 0.2) is 0 Å². The smallest absolute Gasteiger partial charge is 0.220 e. The van der Waals surface area contributed by atoms with Crippen molar-refractivity contribution in [3.8, 4) is 0 Å². The highest BCUT2D eigenvalue weighted by molar-refractivity contribution is 5.84. The third-order valence-corrected chi connectivity index (χ3v) is 5.79. The normalized spacial score (nSPS) is 14.4. The summed E-state index contributed by atoms with van der Waals surface area (Å²) < 4.78 is 38.6. The minimum atomic E-state index is -0.355. The summed E-state index contributed by atoms with van der Waals surface area (Å²) in [5.41, 5.74) is -0.355. The molecule has 37 heavy (non-hydrogen) atoms. The summed E-state index contributed by atoms with van der Waals surface area (Å²) in [6.07, 6.45) is 3.21. The maximum atomic E-state index is 12.0. The number of ether oxygens (including phenoxy) is 7. The van der Waals surface area contributed by atoms with Crippen molar-refractivity contribution in [2.75, 3.05) is 81.2 Å². The zero-order valence-corrected chi connectivity index (χ0v) is 24.3. The molecule has 1 amide bonds. The van der Waals surface area contributed by atoms with Gasteiger partial charge >= 0.3 is 0 Å². The highest BCUT2D eigenvalue weighted by atomic mass is 16.6. The first-order chi connectivity index (χ1) is 17.7. The van der Waals surface area contributed by atoms with Gasteiger partial charge in [-0.3, -0.25) is 9.59 Å². The number of ketones is 1. The van der Waals surface area contributed by atoms with E-state index in [-0.39, 0.29) is 35.4 Å². The Morgan fingerprint density at radius 2 is 1.27 bits per heavy atom. The summed E-state index contributed by atoms with van der Waals surface area (Å²) >= 11 is 0. The van der Waals surface area contributed by atoms with Crippen molar-refractivity contribution in [2.45, 2.75) is 77.6 Å². The summed E-state index contributed by atoms with van der Waals surface area (Å²) in [5, 5.41) is 2.88. The van der Waals surface area contributed by atoms with Gasteiger partial charge in [0.25, 0.3) is 0 Å². The van der Waals surface area contributed by atoms with Crippen LogP contribution in [0.2, 0.25) is 0 Å². The van der Waals surface area contributed by atoms with Crippen LogP contribution in [-0.2, 0) is 42.7 Å². The van der Waals surface area contributed by atoms with Gasteiger partial charge < -0.3 is 38.5 Å². The van der Waals surface area contributed by atoms with E-state index in [0.717, 1.165) is 6.42 Å². The van der Waals surface area contributed by atoms with E-state index >= 15 is 0 Å². The number of methoxy groups -OCH3 is 4. The number of hydrogen-bond acceptors (Lipinski definition) is 9. The standard InChI is InChI=1S/C27H53NO9/c1-27(2,3)25(29)10-8-11-26(30)28-14-9-15-35-20-24(37-17-13-23(34-7)19-32-5)21-36-16-12-22(33-6)18-31-4/h22-24H,8-21H2,1-7H3,(H,28,30). The van der Waals surface area contributed by atoms with Gasteiger partial charge in [-0.1, -0.05) is 20.8 Å². The van der Waals surface area contributed by atoms with Gasteiger partial charge in [-0.2, -0.15) is 0 Å². The van der Waals surface area contributed by atoms with E-state index in [9.17, 15) is 9.59 Å². The van der Waals surface area contributed by atoms with Crippen molar-refractivity contribution >= 4 is 11.7 Å². The number of carbonyl (C=O) groups excluding carboxylic acids is 2. The average molecular weight is 536 g/mol. The predicted molar refractivity (Wildman–Crippen MR) is 142 cm³/mol. The SMILES string of the molecule is COCC(CCOCC(COCCCNC(=O)CCCC(=O)C(C)(C)C)OCCC(COC)OC)OC. The van der Waals surface area contributed by atoms with Gasteiger partial charge in [0, 0.05) is 73.1 Å². The van der Waals surface area contributed by atoms with Gasteiger partial charge in [-0.05, 0) is 25.7 Å². The van der Waals surface area contributed by atoms with Crippen LogP contribution < -0.4 is 5.32 Å². The second-order valence-corrected chi connectivity index (χ2v) is 10.1. The minimum absolute atomic E-state index is 0.00805. The molecule has 0 aromatic rings. The van der Waals surface area contributed by atoms with E-state index in [1.165, 1.54) is 0 Å². The Labute approximate surface area is 224 Å². The van der Waals surface area contributed by atoms with Crippen LogP contribution in [0.25, 0.3) is 0 Å². The minimum Gasteiger partial charge on any atom is -0.382 e. The summed E-state index contributed by atoms with van der Waals surface area (Å²) in [4.78, 5) is 23.9. The second kappa shape index (κ2) is 22.8. The Hall–Kier alpha value is -1.14. The Kier molecular flexibility index (Phi) is 22.1. The Bertz CT molecular complexity index is 569. The lowest BCUT2D eigenvalue weighted by atomic mass is 9.88. The molecule has 0 saturated carbocycles. The summed E-state index contributed by atoms with van der Waals surface area (Å²) in [5.74, 6) is 0.141. The lowest BCUT2D eigenvalue weighted by molar-refractivity contribution is -0.126. The van der Waals surface area contributed by atoms with Gasteiger partial charge in [-0.25, -0.2) is 0 Å². The van der Waals surface area contributed by atoms with Crippen LogP contribution in [-0.4, -0.2) is 111 Å². The van der Waals surface area contributed by atoms with Crippen LogP contribution >= 0.6 is 0 Å². The van der Waals surface area contributed by atoms with Crippen molar-refractivity contribution in [2.24, 2.45) is 5.41 Å². The van der Waals surface area contributed by atoms with Crippen LogP contribution in [0, 0.1) is 5.41 Å². The maximum absolute atomic E-state index is 12.0. The molecular formula is C27H53NO9. The van der Waals surface area contributed by atoms with Crippen LogP contribution in [0.5, 0.6) is 0 Å². The molecule has 0 heterocycles. The molecule has 0 aliphatic rings. The van der Waals surface area contributed by atoms with E-state index in [4.69, 9.17) is 33.2 Å². The third kappa shape index (κ3) is 20.5. The molecule has 0 aromatic heterocycles. The van der Waals surface area contributed by atoms with Crippen LogP contribution in [0.3, 0.4) is 0 Å². The second-order valence-electron chi connectivity index (χ2n) is 10.1. The van der Waals surface area contributed by atoms with Crippen molar-refractivity contribution in [1.82, 2.24) is 5.32 Å². The lowest BCUT2D eigenvalue weighted by Crippen LogP contribution is -2.30. The van der Waals surface area contributed by atoms with Crippen molar-refractivity contribution in [3.05, 3.63) is 0 Å². The summed E-state index contributed by atoms with van der Waals surface area (Å²) in [7, 11) is 6.60. The number of amides is 1. The predicted octanol–water partition coefficient (Wildman–Crippen LogP) is 2.80. The first-order valence-electron chi connectivity index (χ1n) is 13.3. The molecule has 3 atom stereocenters. The van der Waals surface area contributed by atoms with Crippen molar-refractivity contribution in [3.63, 3.8) is 0 Å². The number of nitrogens with one attached hydrogen (secondary N) is 1. The highest BCUT2D eigenvalue weighted by Crippen LogP contribution is 2.18. The quantitative estimate of drug-likeness (QED) is 0.176. The molecule has 0 saturated heterocycles. The molecule has 10 nitrogen and oxygen atoms in total. The van der Waals surface area contributed by atoms with E-state index in [1.54, 1.807) is 28.4 Å². The van der Waals surface area contributed by atoms with Gasteiger partial charge in [-0.15, -0.1) is 0 Å². The number of carbonyl (C=O) groups is 2. The molecule has 0 bridgehead atoms. The molecule has 3 unspecified atom stereocenters. The first-order valence-corrected chi connectivity index (χ1v) is 13.3. The topological polar surface area (TPSA) is 111 Å². The monoisotopic (exact) mass is 535 g/mol. The molecule has 10 heteroatoms. The molecule has 220 valence electrons. The molecule has 0 aliphatic heterocycles. The number of rotatable bonds is 25. The number of Topliss-reactive ketones (excluding diaryl/α,β-unsaturated/α-hetero) is 1. The van der Waals surface area contributed by atoms with Crippen LogP contribution in [0.1, 0.15) is 59.3 Å². The highest BCUT2D eigenvalue weighted by Gasteiger charge is 2.20. The van der Waals surface area contributed by atoms with Crippen molar-refractivity contribution in [1.29, 1.82) is 0 Å². The van der Waals surface area contributed by atoms with E-state index in [2.05, 4.69) is 5.32 Å². The molecule has 0 radical (unpaired) electrons. The Balaban J connectivity index is 4.24. The first kappa shape index (κ1) is 35.9. The average Bonchev–Trinajstić information content (AvgIpc) is 2.86. The maximum Gasteiger partial charge on any atom is 0.220 e. The zero-order valence-electron chi connectivity index (χ0n) is 24.3. The fraction of sp³-hybridized carbons (Fsp3) is 0.926. The van der Waals surface area contributed by atoms with Gasteiger partial charge in [0.1, 0.15) is 11.9 Å². The molecule has 0 aliphatic carbocycles. The Morgan fingerprint density at radius 3 is 1.81 bits per heavy atom. The number of hydrogen-bond donors (Lipinski definition) is 1. The fourth-order valence-corrected chi connectivity index (χ4v) is 3.34. The van der Waals surface area contributed by atoms with E-state index < -0.39 is 0 Å². The Morgan fingerprint density at radius 1 is 0.703 bits per heavy atom. The van der Waals surface area contributed by atoms with E-state index in [0.29, 0.717) is 84.9 Å². The van der Waals surface area contributed by atoms with Gasteiger partial charge in [0.15, 0.2) is 0 Å². The van der Waals surface area contributed by atoms with E-state index in [1.807, 2.05) is 20.8 Å². The molecule has 0 aromatic carbocycles. The molecule has 1 N–H and O–H groups in total. The van der Waals surface area contributed by atoms with Gasteiger partial charge in [0.2, 0.25) is 5.91 Å². The van der Waals surface area contributed by atoms with Gasteiger partial charge in [0.05, 0.1) is 38.6 Å². The summed E-state index contributed by atoms with van der Waals surface area (Å²) in [6.45, 7) is 9.55. The van der Waals surface area contributed by atoms with Crippen LogP contribution in [0.4, 0.5) is 0 Å². The van der Waals surface area contributed by atoms with Crippen molar-refractivity contribution < 1.29 is 42.7 Å². The largest absolute Gasteiger partial charge is 0.382 e.